The second-order valence-corrected chi connectivity index (χ2v) is 3.90. The molecule has 2 heterocycles. The molecular formula is C13H13NO2. The Hall–Kier alpha value is -1.74. The quantitative estimate of drug-likeness (QED) is 0.836. The van der Waals surface area contributed by atoms with Crippen LogP contribution in [0.5, 0.6) is 5.75 Å². The van der Waals surface area contributed by atoms with E-state index in [0.717, 1.165) is 35.7 Å². The zero-order valence-electron chi connectivity index (χ0n) is 8.90. The van der Waals surface area contributed by atoms with E-state index in [-0.39, 0.29) is 0 Å². The fraction of sp³-hybridized carbons (Fsp3) is 0.231. The topological polar surface area (TPSA) is 48.4 Å². The van der Waals surface area contributed by atoms with Crippen LogP contribution in [0.2, 0.25) is 0 Å². The maximum absolute atomic E-state index is 5.73. The van der Waals surface area contributed by atoms with Crippen molar-refractivity contribution in [1.82, 2.24) is 0 Å². The van der Waals surface area contributed by atoms with Crippen molar-refractivity contribution in [3.63, 3.8) is 0 Å². The van der Waals surface area contributed by atoms with E-state index in [1.807, 2.05) is 18.2 Å². The van der Waals surface area contributed by atoms with Gasteiger partial charge in [-0.2, -0.15) is 0 Å². The summed E-state index contributed by atoms with van der Waals surface area (Å²) in [7, 11) is 0. The number of furan rings is 1. The number of nitrogens with two attached hydrogens (primary N) is 1. The first-order valence-electron chi connectivity index (χ1n) is 5.41. The highest BCUT2D eigenvalue weighted by atomic mass is 16.5. The minimum atomic E-state index is 0.497. The van der Waals surface area contributed by atoms with Crippen LogP contribution in [0.4, 0.5) is 0 Å². The van der Waals surface area contributed by atoms with Crippen molar-refractivity contribution in [3.8, 4) is 17.1 Å². The number of ether oxygens (including phenoxy) is 1. The lowest BCUT2D eigenvalue weighted by Gasteiger charge is -2.08. The molecule has 0 amide bonds. The highest BCUT2D eigenvalue weighted by molar-refractivity contribution is 5.63. The summed E-state index contributed by atoms with van der Waals surface area (Å²) in [5, 5.41) is 0. The molecule has 1 aromatic carbocycles. The van der Waals surface area contributed by atoms with Gasteiger partial charge in [-0.3, -0.25) is 0 Å². The van der Waals surface area contributed by atoms with Gasteiger partial charge in [0.1, 0.15) is 11.5 Å². The number of benzene rings is 1. The van der Waals surface area contributed by atoms with Crippen LogP contribution in [0.1, 0.15) is 11.1 Å². The molecule has 0 radical (unpaired) electrons. The number of hydrogen-bond donors (Lipinski definition) is 1. The minimum Gasteiger partial charge on any atom is -0.493 e. The molecule has 1 aromatic heterocycles. The molecule has 1 aliphatic rings. The third-order valence-electron chi connectivity index (χ3n) is 2.89. The molecule has 0 unspecified atom stereocenters. The third-order valence-corrected chi connectivity index (χ3v) is 2.89. The second-order valence-electron chi connectivity index (χ2n) is 3.90. The average Bonchev–Trinajstić information content (AvgIpc) is 2.97. The Morgan fingerprint density at radius 2 is 2.25 bits per heavy atom. The highest BCUT2D eigenvalue weighted by Gasteiger charge is 2.18. The van der Waals surface area contributed by atoms with Gasteiger partial charge in [-0.15, -0.1) is 0 Å². The van der Waals surface area contributed by atoms with Crippen LogP contribution in [0, 0.1) is 0 Å². The van der Waals surface area contributed by atoms with E-state index >= 15 is 0 Å². The number of rotatable bonds is 2. The fourth-order valence-electron chi connectivity index (χ4n) is 2.13. The number of hydrogen-bond acceptors (Lipinski definition) is 3. The Kier molecular flexibility index (Phi) is 2.18. The summed E-state index contributed by atoms with van der Waals surface area (Å²) in [5.74, 6) is 1.85. The molecule has 0 bridgehead atoms. The maximum Gasteiger partial charge on any atom is 0.133 e. The van der Waals surface area contributed by atoms with Crippen molar-refractivity contribution >= 4 is 0 Å². The summed E-state index contributed by atoms with van der Waals surface area (Å²) in [5.41, 5.74) is 9.10. The Morgan fingerprint density at radius 1 is 1.31 bits per heavy atom. The molecule has 16 heavy (non-hydrogen) atoms. The van der Waals surface area contributed by atoms with Gasteiger partial charge in [-0.05, 0) is 29.8 Å². The van der Waals surface area contributed by atoms with Gasteiger partial charge in [0.05, 0.1) is 12.9 Å². The monoisotopic (exact) mass is 215 g/mol. The Labute approximate surface area is 93.8 Å². The predicted octanol–water partition coefficient (Wildman–Crippen LogP) is 2.34. The summed E-state index contributed by atoms with van der Waals surface area (Å²) < 4.78 is 11.0. The van der Waals surface area contributed by atoms with Gasteiger partial charge in [0.2, 0.25) is 0 Å². The van der Waals surface area contributed by atoms with Crippen molar-refractivity contribution in [2.24, 2.45) is 5.73 Å². The second kappa shape index (κ2) is 3.68. The standard InChI is InChI=1S/C13H13NO2/c14-8-11-7-10(12-2-1-4-15-12)6-9-3-5-16-13(9)11/h1-2,4,6-7H,3,5,8,14H2. The largest absolute Gasteiger partial charge is 0.493 e. The molecule has 2 aromatic rings. The van der Waals surface area contributed by atoms with E-state index in [1.165, 1.54) is 5.56 Å². The Bertz CT molecular complexity index is 503. The molecular weight excluding hydrogens is 202 g/mol. The number of fused-ring (bicyclic) bond motifs is 1. The fourth-order valence-corrected chi connectivity index (χ4v) is 2.13. The molecule has 0 fully saturated rings. The summed E-state index contributed by atoms with van der Waals surface area (Å²) in [4.78, 5) is 0. The average molecular weight is 215 g/mol. The molecule has 1 aliphatic heterocycles. The lowest BCUT2D eigenvalue weighted by molar-refractivity contribution is 0.353. The molecule has 2 N–H and O–H groups in total. The molecule has 0 spiro atoms. The third kappa shape index (κ3) is 1.41. The Balaban J connectivity index is 2.15. The summed E-state index contributed by atoms with van der Waals surface area (Å²) in [6, 6.07) is 8.02. The lowest BCUT2D eigenvalue weighted by Crippen LogP contribution is -1.99. The molecule has 0 atom stereocenters. The van der Waals surface area contributed by atoms with Crippen LogP contribution in [-0.4, -0.2) is 6.61 Å². The van der Waals surface area contributed by atoms with Crippen LogP contribution in [0.15, 0.2) is 34.9 Å². The normalized spacial score (nSPS) is 13.6. The molecule has 82 valence electrons. The summed E-state index contributed by atoms with van der Waals surface area (Å²) in [6.45, 7) is 1.25. The van der Waals surface area contributed by atoms with E-state index in [4.69, 9.17) is 14.9 Å². The van der Waals surface area contributed by atoms with Crippen LogP contribution in [0.3, 0.4) is 0 Å². The lowest BCUT2D eigenvalue weighted by atomic mass is 10.0. The highest BCUT2D eigenvalue weighted by Crippen LogP contribution is 2.34. The molecule has 3 rings (SSSR count). The predicted molar refractivity (Wildman–Crippen MR) is 61.2 cm³/mol. The van der Waals surface area contributed by atoms with Crippen LogP contribution in [-0.2, 0) is 13.0 Å². The zero-order valence-corrected chi connectivity index (χ0v) is 8.90. The Morgan fingerprint density at radius 3 is 3.00 bits per heavy atom. The first kappa shape index (κ1) is 9.48. The van der Waals surface area contributed by atoms with Crippen molar-refractivity contribution in [2.45, 2.75) is 13.0 Å². The van der Waals surface area contributed by atoms with Crippen molar-refractivity contribution in [1.29, 1.82) is 0 Å². The summed E-state index contributed by atoms with van der Waals surface area (Å²) in [6.07, 6.45) is 2.64. The van der Waals surface area contributed by atoms with Crippen molar-refractivity contribution < 1.29 is 9.15 Å². The smallest absolute Gasteiger partial charge is 0.133 e. The van der Waals surface area contributed by atoms with Gasteiger partial charge in [-0.25, -0.2) is 0 Å². The van der Waals surface area contributed by atoms with Crippen molar-refractivity contribution in [2.75, 3.05) is 6.61 Å². The van der Waals surface area contributed by atoms with Gasteiger partial charge >= 0.3 is 0 Å². The zero-order chi connectivity index (χ0) is 11.0. The van der Waals surface area contributed by atoms with E-state index in [9.17, 15) is 0 Å². The van der Waals surface area contributed by atoms with E-state index in [2.05, 4.69) is 6.07 Å². The van der Waals surface area contributed by atoms with Gasteiger partial charge in [-0.1, -0.05) is 0 Å². The van der Waals surface area contributed by atoms with Gasteiger partial charge in [0.25, 0.3) is 0 Å². The van der Waals surface area contributed by atoms with E-state index in [0.29, 0.717) is 6.54 Å². The maximum atomic E-state index is 5.73. The van der Waals surface area contributed by atoms with Gasteiger partial charge in [0, 0.05) is 24.1 Å². The first-order valence-corrected chi connectivity index (χ1v) is 5.41. The molecule has 0 saturated heterocycles. The molecule has 3 heteroatoms. The molecule has 0 aliphatic carbocycles. The van der Waals surface area contributed by atoms with E-state index < -0.39 is 0 Å². The van der Waals surface area contributed by atoms with Crippen LogP contribution >= 0.6 is 0 Å². The molecule has 0 saturated carbocycles. The van der Waals surface area contributed by atoms with E-state index in [1.54, 1.807) is 6.26 Å². The minimum absolute atomic E-state index is 0.497. The first-order chi connectivity index (χ1) is 7.88. The SMILES string of the molecule is NCc1cc(-c2ccco2)cc2c1OCC2. The van der Waals surface area contributed by atoms with Crippen LogP contribution in [0.25, 0.3) is 11.3 Å². The van der Waals surface area contributed by atoms with Gasteiger partial charge < -0.3 is 14.9 Å². The van der Waals surface area contributed by atoms with Gasteiger partial charge in [0.15, 0.2) is 0 Å². The van der Waals surface area contributed by atoms with Crippen LogP contribution < -0.4 is 10.5 Å². The molecule has 3 nitrogen and oxygen atoms in total. The summed E-state index contributed by atoms with van der Waals surface area (Å²) >= 11 is 0. The van der Waals surface area contributed by atoms with Crippen molar-refractivity contribution in [3.05, 3.63) is 41.7 Å².